The molecule has 142 valence electrons. The summed E-state index contributed by atoms with van der Waals surface area (Å²) in [5, 5.41) is 3.03. The van der Waals surface area contributed by atoms with Gasteiger partial charge in [0.1, 0.15) is 5.82 Å². The van der Waals surface area contributed by atoms with Gasteiger partial charge in [-0.3, -0.25) is 9.10 Å². The zero-order chi connectivity index (χ0) is 19.7. The van der Waals surface area contributed by atoms with Crippen molar-refractivity contribution in [2.75, 3.05) is 16.2 Å². The van der Waals surface area contributed by atoms with E-state index in [4.69, 9.17) is 11.6 Å². The van der Waals surface area contributed by atoms with Crippen LogP contribution >= 0.6 is 11.6 Å². The molecule has 3 aromatic carbocycles. The average Bonchev–Trinajstić information content (AvgIpc) is 3.13. The van der Waals surface area contributed by atoms with Gasteiger partial charge in [0.2, 0.25) is 0 Å². The van der Waals surface area contributed by atoms with Crippen LogP contribution in [0.2, 0.25) is 5.02 Å². The van der Waals surface area contributed by atoms with Crippen molar-refractivity contribution in [2.24, 2.45) is 0 Å². The van der Waals surface area contributed by atoms with Crippen LogP contribution in [0.15, 0.2) is 71.6 Å². The zero-order valence-electron chi connectivity index (χ0n) is 14.7. The fraction of sp³-hybridized carbons (Fsp3) is 0.0952. The molecule has 28 heavy (non-hydrogen) atoms. The Labute approximate surface area is 169 Å². The summed E-state index contributed by atoms with van der Waals surface area (Å²) < 4.78 is 28.0. The van der Waals surface area contributed by atoms with E-state index in [9.17, 15) is 13.4 Å². The summed E-state index contributed by atoms with van der Waals surface area (Å²) in [5.74, 6) is -0.767. The third kappa shape index (κ3) is 3.66. The molecule has 0 spiro atoms. The Morgan fingerprint density at radius 1 is 1.07 bits per heavy atom. The first kappa shape index (κ1) is 18.7. The summed E-state index contributed by atoms with van der Waals surface area (Å²) in [4.78, 5) is 12.9. The number of hydrogen-bond donors (Lipinski definition) is 1. The van der Waals surface area contributed by atoms with E-state index in [0.717, 1.165) is 17.7 Å². The lowest BCUT2D eigenvalue weighted by molar-refractivity contribution is 0.102. The first-order valence-corrected chi connectivity index (χ1v) is 10.2. The van der Waals surface area contributed by atoms with Crippen molar-refractivity contribution in [3.8, 4) is 0 Å². The van der Waals surface area contributed by atoms with Gasteiger partial charge in [-0.2, -0.15) is 0 Å². The van der Waals surface area contributed by atoms with Crippen molar-refractivity contribution in [1.82, 2.24) is 0 Å². The fourth-order valence-corrected chi connectivity index (χ4v) is 4.74. The minimum Gasteiger partial charge on any atom is -0.322 e. The molecule has 1 aliphatic heterocycles. The van der Waals surface area contributed by atoms with Gasteiger partial charge >= 0.3 is 0 Å². The number of para-hydroxylation sites is 1. The van der Waals surface area contributed by atoms with E-state index in [1.165, 1.54) is 30.3 Å². The highest BCUT2D eigenvalue weighted by atomic mass is 35.5. The lowest BCUT2D eigenvalue weighted by Gasteiger charge is -2.19. The second kappa shape index (κ2) is 7.73. The molecule has 4 nitrogen and oxygen atoms in total. The van der Waals surface area contributed by atoms with Crippen LogP contribution in [0, 0.1) is 5.82 Å². The number of amides is 1. The summed E-state index contributed by atoms with van der Waals surface area (Å²) in [5.41, 5.74) is 2.84. The third-order valence-electron chi connectivity index (χ3n) is 4.53. The van der Waals surface area contributed by atoms with Crippen LogP contribution < -0.4 is 9.62 Å². The molecule has 1 atom stereocenters. The van der Waals surface area contributed by atoms with Crippen LogP contribution in [0.4, 0.5) is 15.8 Å². The van der Waals surface area contributed by atoms with Crippen LogP contribution in [0.25, 0.3) is 0 Å². The van der Waals surface area contributed by atoms with Crippen molar-refractivity contribution < 1.29 is 13.4 Å². The Bertz CT molecular complexity index is 1070. The standard InChI is InChI=1S/C21H16ClFN2O2S/c22-18-10-5-15(21(26)24-17-8-6-16(23)7-9-17)13-20(18)28(27)25-12-11-14-3-1-2-4-19(14)25/h1-10,13H,11-12H2,(H,24,26). The Morgan fingerprint density at radius 2 is 1.82 bits per heavy atom. The number of benzene rings is 3. The highest BCUT2D eigenvalue weighted by molar-refractivity contribution is 7.86. The Morgan fingerprint density at radius 3 is 2.61 bits per heavy atom. The van der Waals surface area contributed by atoms with Crippen molar-refractivity contribution in [3.63, 3.8) is 0 Å². The van der Waals surface area contributed by atoms with Gasteiger partial charge in [-0.25, -0.2) is 8.60 Å². The Balaban J connectivity index is 1.60. The van der Waals surface area contributed by atoms with Gasteiger partial charge in [0.05, 0.1) is 15.6 Å². The molecular formula is C21H16ClFN2O2S. The molecule has 0 aromatic heterocycles. The summed E-state index contributed by atoms with van der Waals surface area (Å²) in [6.07, 6.45) is 0.810. The average molecular weight is 415 g/mol. The van der Waals surface area contributed by atoms with Gasteiger partial charge in [-0.1, -0.05) is 29.8 Å². The van der Waals surface area contributed by atoms with E-state index in [1.54, 1.807) is 16.4 Å². The molecule has 1 N–H and O–H groups in total. The largest absolute Gasteiger partial charge is 0.322 e. The molecule has 1 unspecified atom stereocenters. The van der Waals surface area contributed by atoms with Crippen LogP contribution in [0.3, 0.4) is 0 Å². The number of carbonyl (C=O) groups excluding carboxylic acids is 1. The summed E-state index contributed by atoms with van der Waals surface area (Å²) in [6, 6.07) is 18.0. The molecule has 4 rings (SSSR count). The fourth-order valence-electron chi connectivity index (χ4n) is 3.11. The van der Waals surface area contributed by atoms with E-state index in [2.05, 4.69) is 5.32 Å². The maximum Gasteiger partial charge on any atom is 0.255 e. The second-order valence-corrected chi connectivity index (χ2v) is 8.12. The van der Waals surface area contributed by atoms with E-state index >= 15 is 0 Å². The number of halogens is 2. The molecule has 1 aliphatic rings. The molecule has 0 radical (unpaired) electrons. The SMILES string of the molecule is O=C(Nc1ccc(F)cc1)c1ccc(Cl)c(S(=O)N2CCc3ccccc32)c1. The number of carbonyl (C=O) groups is 1. The quantitative estimate of drug-likeness (QED) is 0.665. The highest BCUT2D eigenvalue weighted by Gasteiger charge is 2.26. The second-order valence-electron chi connectivity index (χ2n) is 6.34. The first-order chi connectivity index (χ1) is 13.5. The van der Waals surface area contributed by atoms with Crippen LogP contribution in [-0.4, -0.2) is 16.7 Å². The summed E-state index contributed by atoms with van der Waals surface area (Å²) in [6.45, 7) is 0.619. The number of hydrogen-bond acceptors (Lipinski definition) is 2. The molecule has 7 heteroatoms. The number of fused-ring (bicyclic) bond motifs is 1. The van der Waals surface area contributed by atoms with Gasteiger partial charge in [-0.15, -0.1) is 0 Å². The summed E-state index contributed by atoms with van der Waals surface area (Å²) in [7, 11) is -1.54. The minimum absolute atomic E-state index is 0.324. The van der Waals surface area contributed by atoms with Gasteiger partial charge in [0.15, 0.2) is 11.0 Å². The maximum absolute atomic E-state index is 13.2. The van der Waals surface area contributed by atoms with E-state index in [-0.39, 0.29) is 11.7 Å². The smallest absolute Gasteiger partial charge is 0.255 e. The molecule has 1 heterocycles. The van der Waals surface area contributed by atoms with E-state index < -0.39 is 11.0 Å². The third-order valence-corrected chi connectivity index (χ3v) is 6.46. The molecule has 0 bridgehead atoms. The minimum atomic E-state index is -1.54. The predicted molar refractivity (Wildman–Crippen MR) is 110 cm³/mol. The normalized spacial score (nSPS) is 13.9. The zero-order valence-corrected chi connectivity index (χ0v) is 16.3. The highest BCUT2D eigenvalue weighted by Crippen LogP contribution is 2.33. The maximum atomic E-state index is 13.2. The van der Waals surface area contributed by atoms with Crippen molar-refractivity contribution >= 4 is 39.9 Å². The first-order valence-electron chi connectivity index (χ1n) is 8.67. The lowest BCUT2D eigenvalue weighted by atomic mass is 10.2. The van der Waals surface area contributed by atoms with Crippen molar-refractivity contribution in [2.45, 2.75) is 11.3 Å². The molecule has 0 fully saturated rings. The van der Waals surface area contributed by atoms with Crippen molar-refractivity contribution in [3.05, 3.63) is 88.7 Å². The molecule has 0 aliphatic carbocycles. The van der Waals surface area contributed by atoms with Crippen molar-refractivity contribution in [1.29, 1.82) is 0 Å². The Kier molecular flexibility index (Phi) is 5.15. The van der Waals surface area contributed by atoms with Crippen LogP contribution in [0.1, 0.15) is 15.9 Å². The predicted octanol–water partition coefficient (Wildman–Crippen LogP) is 4.82. The van der Waals surface area contributed by atoms with Gasteiger partial charge in [0.25, 0.3) is 5.91 Å². The van der Waals surface area contributed by atoms with E-state index in [1.807, 2.05) is 24.3 Å². The molecule has 0 saturated carbocycles. The van der Waals surface area contributed by atoms with E-state index in [0.29, 0.717) is 27.7 Å². The van der Waals surface area contributed by atoms with Gasteiger partial charge < -0.3 is 5.32 Å². The molecule has 0 saturated heterocycles. The topological polar surface area (TPSA) is 49.4 Å². The lowest BCUT2D eigenvalue weighted by Crippen LogP contribution is -2.24. The van der Waals surface area contributed by atoms with Gasteiger partial charge in [-0.05, 0) is 60.5 Å². The molecular weight excluding hydrogens is 399 g/mol. The molecule has 3 aromatic rings. The van der Waals surface area contributed by atoms with Crippen LogP contribution in [0.5, 0.6) is 0 Å². The monoisotopic (exact) mass is 414 g/mol. The summed E-state index contributed by atoms with van der Waals surface area (Å²) >= 11 is 6.29. The number of nitrogens with zero attached hydrogens (tertiary/aromatic N) is 1. The van der Waals surface area contributed by atoms with Crippen LogP contribution in [-0.2, 0) is 17.4 Å². The number of anilines is 2. The van der Waals surface area contributed by atoms with Gasteiger partial charge in [0, 0.05) is 17.8 Å². The molecule has 1 amide bonds. The Hall–Kier alpha value is -2.70. The number of rotatable bonds is 4. The number of nitrogens with one attached hydrogen (secondary N) is 1.